The molecule has 1 amide bonds. The van der Waals surface area contributed by atoms with E-state index in [1.807, 2.05) is 37.3 Å². The Labute approximate surface area is 133 Å². The van der Waals surface area contributed by atoms with Crippen molar-refractivity contribution in [3.8, 4) is 11.3 Å². The summed E-state index contributed by atoms with van der Waals surface area (Å²) in [5, 5.41) is 3.97. The molecule has 0 N–H and O–H groups in total. The van der Waals surface area contributed by atoms with E-state index in [-0.39, 0.29) is 11.9 Å². The maximum atomic E-state index is 12.8. The molecular formula is C17H16N4O2. The molecule has 0 bridgehead atoms. The molecular weight excluding hydrogens is 292 g/mol. The molecule has 0 spiro atoms. The third kappa shape index (κ3) is 2.96. The van der Waals surface area contributed by atoms with Gasteiger partial charge in [0.25, 0.3) is 5.91 Å². The first-order chi connectivity index (χ1) is 11.2. The van der Waals surface area contributed by atoms with E-state index in [1.165, 1.54) is 12.6 Å². The molecule has 0 radical (unpaired) electrons. The average Bonchev–Trinajstić information content (AvgIpc) is 3.11. The van der Waals surface area contributed by atoms with Crippen LogP contribution in [0.2, 0.25) is 0 Å². The zero-order valence-electron chi connectivity index (χ0n) is 12.9. The van der Waals surface area contributed by atoms with Crippen LogP contribution in [0.4, 0.5) is 0 Å². The zero-order chi connectivity index (χ0) is 16.2. The lowest BCUT2D eigenvalue weighted by molar-refractivity contribution is 0.0739. The summed E-state index contributed by atoms with van der Waals surface area (Å²) in [7, 11) is 1.73. The molecule has 1 aromatic carbocycles. The van der Waals surface area contributed by atoms with Crippen molar-refractivity contribution in [1.29, 1.82) is 0 Å². The molecule has 0 saturated heterocycles. The van der Waals surface area contributed by atoms with E-state index in [0.717, 1.165) is 11.3 Å². The lowest BCUT2D eigenvalue weighted by Gasteiger charge is -2.24. The smallest absolute Gasteiger partial charge is 0.259 e. The zero-order valence-corrected chi connectivity index (χ0v) is 12.9. The van der Waals surface area contributed by atoms with Gasteiger partial charge in [-0.25, -0.2) is 9.97 Å². The summed E-state index contributed by atoms with van der Waals surface area (Å²) in [5.74, 6) is -0.170. The van der Waals surface area contributed by atoms with Crippen molar-refractivity contribution in [3.63, 3.8) is 0 Å². The number of amides is 1. The summed E-state index contributed by atoms with van der Waals surface area (Å²) < 4.78 is 5.03. The summed E-state index contributed by atoms with van der Waals surface area (Å²) in [5.41, 5.74) is 2.58. The second kappa shape index (κ2) is 6.39. The molecule has 6 heteroatoms. The summed E-state index contributed by atoms with van der Waals surface area (Å²) >= 11 is 0. The molecule has 0 aliphatic rings. The molecule has 0 aliphatic carbocycles. The average molecular weight is 308 g/mol. The van der Waals surface area contributed by atoms with Crippen molar-refractivity contribution in [3.05, 3.63) is 66.4 Å². The number of aromatic nitrogens is 3. The maximum Gasteiger partial charge on any atom is 0.259 e. The third-order valence-electron chi connectivity index (χ3n) is 3.78. The Bertz CT molecular complexity index is 787. The van der Waals surface area contributed by atoms with Gasteiger partial charge in [-0.3, -0.25) is 4.79 Å². The van der Waals surface area contributed by atoms with Crippen LogP contribution in [0.25, 0.3) is 11.3 Å². The van der Waals surface area contributed by atoms with Crippen molar-refractivity contribution < 1.29 is 9.32 Å². The Kier molecular flexibility index (Phi) is 4.14. The van der Waals surface area contributed by atoms with Crippen molar-refractivity contribution in [2.75, 3.05) is 7.05 Å². The van der Waals surface area contributed by atoms with Gasteiger partial charge in [0.15, 0.2) is 0 Å². The molecule has 116 valence electrons. The van der Waals surface area contributed by atoms with Gasteiger partial charge in [-0.15, -0.1) is 0 Å². The quantitative estimate of drug-likeness (QED) is 0.741. The monoisotopic (exact) mass is 308 g/mol. The van der Waals surface area contributed by atoms with Gasteiger partial charge in [0.2, 0.25) is 0 Å². The predicted molar refractivity (Wildman–Crippen MR) is 84.5 cm³/mol. The Morgan fingerprint density at radius 1 is 1.22 bits per heavy atom. The lowest BCUT2D eigenvalue weighted by atomic mass is 10.1. The molecule has 6 nitrogen and oxygen atoms in total. The SMILES string of the molecule is C[C@H](c1ccncn1)N(C)C(=O)c1conc1-c1ccccc1. The van der Waals surface area contributed by atoms with E-state index in [0.29, 0.717) is 11.3 Å². The van der Waals surface area contributed by atoms with Crippen LogP contribution in [0, 0.1) is 0 Å². The van der Waals surface area contributed by atoms with Crippen LogP contribution in [-0.4, -0.2) is 33.0 Å². The molecule has 3 aromatic rings. The van der Waals surface area contributed by atoms with Gasteiger partial charge >= 0.3 is 0 Å². The lowest BCUT2D eigenvalue weighted by Crippen LogP contribution is -2.30. The molecule has 0 saturated carbocycles. The van der Waals surface area contributed by atoms with Gasteiger partial charge < -0.3 is 9.42 Å². The Morgan fingerprint density at radius 3 is 2.70 bits per heavy atom. The van der Waals surface area contributed by atoms with Gasteiger partial charge in [-0.05, 0) is 13.0 Å². The number of benzene rings is 1. The van der Waals surface area contributed by atoms with Crippen LogP contribution in [-0.2, 0) is 0 Å². The Hall–Kier alpha value is -3.02. The van der Waals surface area contributed by atoms with E-state index in [2.05, 4.69) is 15.1 Å². The fourth-order valence-corrected chi connectivity index (χ4v) is 2.31. The standard InChI is InChI=1S/C17H16N4O2/c1-12(15-8-9-18-11-19-15)21(2)17(22)14-10-23-20-16(14)13-6-4-3-5-7-13/h3-12H,1-2H3/t12-/m1/s1. The predicted octanol–water partition coefficient (Wildman–Crippen LogP) is 2.96. The van der Waals surface area contributed by atoms with Gasteiger partial charge in [0, 0.05) is 18.8 Å². The molecule has 2 aromatic heterocycles. The van der Waals surface area contributed by atoms with Gasteiger partial charge in [0.05, 0.1) is 11.7 Å². The fourth-order valence-electron chi connectivity index (χ4n) is 2.31. The van der Waals surface area contributed by atoms with Crippen LogP contribution in [0.3, 0.4) is 0 Å². The summed E-state index contributed by atoms with van der Waals surface area (Å²) in [6.45, 7) is 1.91. The number of carbonyl (C=O) groups excluding carboxylic acids is 1. The molecule has 3 rings (SSSR count). The molecule has 0 unspecified atom stereocenters. The fraction of sp³-hybridized carbons (Fsp3) is 0.176. The van der Waals surface area contributed by atoms with E-state index in [1.54, 1.807) is 24.2 Å². The summed E-state index contributed by atoms with van der Waals surface area (Å²) in [6.07, 6.45) is 4.51. The van der Waals surface area contributed by atoms with E-state index < -0.39 is 0 Å². The minimum Gasteiger partial charge on any atom is -0.363 e. The van der Waals surface area contributed by atoms with Crippen LogP contribution >= 0.6 is 0 Å². The van der Waals surface area contributed by atoms with E-state index in [9.17, 15) is 4.79 Å². The largest absolute Gasteiger partial charge is 0.363 e. The second-order valence-corrected chi connectivity index (χ2v) is 5.17. The first-order valence-electron chi connectivity index (χ1n) is 7.21. The summed E-state index contributed by atoms with van der Waals surface area (Å²) in [4.78, 5) is 22.5. The minimum absolute atomic E-state index is 0.170. The molecule has 1 atom stereocenters. The topological polar surface area (TPSA) is 72.1 Å². The highest BCUT2D eigenvalue weighted by Gasteiger charge is 2.24. The van der Waals surface area contributed by atoms with E-state index >= 15 is 0 Å². The molecule has 2 heterocycles. The molecule has 0 aliphatic heterocycles. The maximum absolute atomic E-state index is 12.8. The van der Waals surface area contributed by atoms with Crippen molar-refractivity contribution >= 4 is 5.91 Å². The number of carbonyl (C=O) groups is 1. The van der Waals surface area contributed by atoms with E-state index in [4.69, 9.17) is 4.52 Å². The Morgan fingerprint density at radius 2 is 2.00 bits per heavy atom. The molecule has 0 fully saturated rings. The highest BCUT2D eigenvalue weighted by atomic mass is 16.5. The van der Waals surface area contributed by atoms with Crippen LogP contribution < -0.4 is 0 Å². The number of rotatable bonds is 4. The number of nitrogens with zero attached hydrogens (tertiary/aromatic N) is 4. The highest BCUT2D eigenvalue weighted by molar-refractivity contribution is 5.99. The first-order valence-corrected chi connectivity index (χ1v) is 7.21. The number of hydrogen-bond acceptors (Lipinski definition) is 5. The van der Waals surface area contributed by atoms with Crippen molar-refractivity contribution in [1.82, 2.24) is 20.0 Å². The van der Waals surface area contributed by atoms with Crippen LogP contribution in [0.5, 0.6) is 0 Å². The van der Waals surface area contributed by atoms with Crippen LogP contribution in [0.15, 0.2) is 59.7 Å². The second-order valence-electron chi connectivity index (χ2n) is 5.17. The van der Waals surface area contributed by atoms with Crippen LogP contribution in [0.1, 0.15) is 29.0 Å². The van der Waals surface area contributed by atoms with Gasteiger partial charge in [-0.2, -0.15) is 0 Å². The first kappa shape index (κ1) is 14.9. The summed E-state index contributed by atoms with van der Waals surface area (Å²) in [6, 6.07) is 11.1. The highest BCUT2D eigenvalue weighted by Crippen LogP contribution is 2.25. The van der Waals surface area contributed by atoms with Crippen molar-refractivity contribution in [2.24, 2.45) is 0 Å². The van der Waals surface area contributed by atoms with Gasteiger partial charge in [-0.1, -0.05) is 35.5 Å². The Balaban J connectivity index is 1.88. The normalized spacial score (nSPS) is 11.9. The van der Waals surface area contributed by atoms with Crippen molar-refractivity contribution in [2.45, 2.75) is 13.0 Å². The third-order valence-corrected chi connectivity index (χ3v) is 3.78. The van der Waals surface area contributed by atoms with Gasteiger partial charge in [0.1, 0.15) is 23.8 Å². The number of hydrogen-bond donors (Lipinski definition) is 0. The molecule has 23 heavy (non-hydrogen) atoms. The minimum atomic E-state index is -0.191.